The Bertz CT molecular complexity index is 732. The van der Waals surface area contributed by atoms with Crippen molar-refractivity contribution >= 4 is 5.69 Å². The summed E-state index contributed by atoms with van der Waals surface area (Å²) in [4.78, 5) is 5.12. The molecule has 0 saturated carbocycles. The maximum atomic E-state index is 8.92. The van der Waals surface area contributed by atoms with E-state index in [9.17, 15) is 0 Å². The van der Waals surface area contributed by atoms with Crippen molar-refractivity contribution in [2.45, 2.75) is 57.9 Å². The number of anilines is 1. The van der Waals surface area contributed by atoms with E-state index in [1.165, 1.54) is 29.7 Å². The van der Waals surface area contributed by atoms with Crippen LogP contribution in [-0.2, 0) is 11.8 Å². The normalized spacial score (nSPS) is 23.1. The largest absolute Gasteiger partial charge is 0.342 e. The van der Waals surface area contributed by atoms with Crippen molar-refractivity contribution < 1.29 is 0 Å². The topological polar surface area (TPSA) is 30.3 Å². The molecule has 1 aromatic carbocycles. The number of rotatable bonds is 2. The summed E-state index contributed by atoms with van der Waals surface area (Å²) in [6.07, 6.45) is 4.21. The number of nitrogens with zero attached hydrogens (tertiary/aromatic N) is 3. The first kappa shape index (κ1) is 15.7. The summed E-state index contributed by atoms with van der Waals surface area (Å²) in [6, 6.07) is 9.95. The van der Waals surface area contributed by atoms with Crippen molar-refractivity contribution in [3.05, 3.63) is 40.6 Å². The van der Waals surface area contributed by atoms with Gasteiger partial charge in [-0.1, -0.05) is 32.9 Å². The van der Waals surface area contributed by atoms with Crippen LogP contribution >= 0.6 is 0 Å². The van der Waals surface area contributed by atoms with Gasteiger partial charge in [0.1, 0.15) is 0 Å². The van der Waals surface area contributed by atoms with Crippen molar-refractivity contribution in [2.75, 3.05) is 24.5 Å². The lowest BCUT2D eigenvalue weighted by Crippen LogP contribution is -2.51. The zero-order valence-corrected chi connectivity index (χ0v) is 15.1. The number of fused-ring (bicyclic) bond motifs is 2. The maximum Gasteiger partial charge on any atom is 0.0635 e. The van der Waals surface area contributed by atoms with Crippen LogP contribution in [0, 0.1) is 11.3 Å². The van der Waals surface area contributed by atoms with Crippen LogP contribution in [-0.4, -0.2) is 30.6 Å². The second kappa shape index (κ2) is 5.63. The molecule has 126 valence electrons. The molecule has 0 radical (unpaired) electrons. The second-order valence-electron chi connectivity index (χ2n) is 8.41. The average Bonchev–Trinajstić information content (AvgIpc) is 2.97. The predicted molar refractivity (Wildman–Crippen MR) is 98.0 cm³/mol. The molecular formula is C21H27N3. The lowest BCUT2D eigenvalue weighted by atomic mass is 9.84. The molecule has 3 aliphatic rings. The molecule has 1 saturated heterocycles. The molecular weight excluding hydrogens is 294 g/mol. The molecule has 0 amide bonds. The van der Waals surface area contributed by atoms with Gasteiger partial charge in [-0.05, 0) is 47.4 Å². The number of nitriles is 1. The van der Waals surface area contributed by atoms with Gasteiger partial charge in [0.2, 0.25) is 0 Å². The van der Waals surface area contributed by atoms with E-state index in [1.807, 2.05) is 0 Å². The van der Waals surface area contributed by atoms with Gasteiger partial charge in [-0.15, -0.1) is 0 Å². The van der Waals surface area contributed by atoms with Crippen LogP contribution in [0.4, 0.5) is 5.69 Å². The summed E-state index contributed by atoms with van der Waals surface area (Å²) >= 11 is 0. The number of allylic oxidation sites excluding steroid dienone is 1. The number of benzene rings is 1. The van der Waals surface area contributed by atoms with E-state index in [4.69, 9.17) is 5.26 Å². The fourth-order valence-corrected chi connectivity index (χ4v) is 4.62. The molecule has 24 heavy (non-hydrogen) atoms. The van der Waals surface area contributed by atoms with Crippen molar-refractivity contribution in [2.24, 2.45) is 0 Å². The quantitative estimate of drug-likeness (QED) is 0.825. The molecule has 0 bridgehead atoms. The minimum atomic E-state index is 0.206. The van der Waals surface area contributed by atoms with E-state index < -0.39 is 0 Å². The standard InChI is InChI=1S/C21H27N3/c1-21(2,3)17-6-8-18-16(14-17)13-15-5-7-19-20(15)24(18)12-11-23(19)10-4-9-22/h6,8,14,19H,4-5,7,10-13H2,1-3H3. The monoisotopic (exact) mass is 321 g/mol. The zero-order valence-electron chi connectivity index (χ0n) is 15.1. The minimum absolute atomic E-state index is 0.206. The Labute approximate surface area is 145 Å². The highest BCUT2D eigenvalue weighted by Gasteiger charge is 2.40. The molecule has 0 spiro atoms. The first-order valence-corrected chi connectivity index (χ1v) is 9.23. The van der Waals surface area contributed by atoms with E-state index in [0.717, 1.165) is 26.1 Å². The Morgan fingerprint density at radius 1 is 1.25 bits per heavy atom. The van der Waals surface area contributed by atoms with Crippen molar-refractivity contribution in [3.8, 4) is 6.07 Å². The molecule has 0 N–H and O–H groups in total. The number of hydrogen-bond acceptors (Lipinski definition) is 3. The Kier molecular flexibility index (Phi) is 3.69. The van der Waals surface area contributed by atoms with E-state index in [1.54, 1.807) is 11.3 Å². The van der Waals surface area contributed by atoms with Crippen LogP contribution in [0.25, 0.3) is 0 Å². The number of hydrogen-bond donors (Lipinski definition) is 0. The lowest BCUT2D eigenvalue weighted by molar-refractivity contribution is 0.207. The fourth-order valence-electron chi connectivity index (χ4n) is 4.62. The molecule has 2 aliphatic heterocycles. The highest BCUT2D eigenvalue weighted by molar-refractivity contribution is 5.66. The van der Waals surface area contributed by atoms with Crippen molar-refractivity contribution in [1.29, 1.82) is 5.26 Å². The van der Waals surface area contributed by atoms with Crippen LogP contribution in [0.5, 0.6) is 0 Å². The Morgan fingerprint density at radius 3 is 2.83 bits per heavy atom. The summed E-state index contributed by atoms with van der Waals surface area (Å²) in [6.45, 7) is 9.93. The smallest absolute Gasteiger partial charge is 0.0635 e. The first-order chi connectivity index (χ1) is 11.5. The molecule has 1 atom stereocenters. The molecule has 1 aromatic rings. The Balaban J connectivity index is 1.67. The Morgan fingerprint density at radius 2 is 2.08 bits per heavy atom. The van der Waals surface area contributed by atoms with E-state index in [-0.39, 0.29) is 5.41 Å². The summed E-state index contributed by atoms with van der Waals surface area (Å²) in [7, 11) is 0. The minimum Gasteiger partial charge on any atom is -0.342 e. The van der Waals surface area contributed by atoms with Gasteiger partial charge in [-0.2, -0.15) is 5.26 Å². The van der Waals surface area contributed by atoms with Gasteiger partial charge in [0.25, 0.3) is 0 Å². The SMILES string of the molecule is CC(C)(C)c1ccc2c(c1)CC1=C3C(CC1)N(CCC#N)CCN32. The maximum absolute atomic E-state index is 8.92. The summed E-state index contributed by atoms with van der Waals surface area (Å²) in [5, 5.41) is 8.92. The van der Waals surface area contributed by atoms with Gasteiger partial charge in [0.15, 0.2) is 0 Å². The molecule has 1 aliphatic carbocycles. The average molecular weight is 321 g/mol. The van der Waals surface area contributed by atoms with Gasteiger partial charge in [0, 0.05) is 37.4 Å². The number of piperazine rings is 1. The van der Waals surface area contributed by atoms with E-state index >= 15 is 0 Å². The molecule has 1 unspecified atom stereocenters. The second-order valence-corrected chi connectivity index (χ2v) is 8.41. The molecule has 0 aromatic heterocycles. The summed E-state index contributed by atoms with van der Waals surface area (Å²) < 4.78 is 0. The van der Waals surface area contributed by atoms with E-state index in [0.29, 0.717) is 12.5 Å². The summed E-state index contributed by atoms with van der Waals surface area (Å²) in [5.74, 6) is 0. The van der Waals surface area contributed by atoms with Gasteiger partial charge >= 0.3 is 0 Å². The van der Waals surface area contributed by atoms with E-state index in [2.05, 4.69) is 54.8 Å². The molecule has 4 rings (SSSR count). The highest BCUT2D eigenvalue weighted by atomic mass is 15.3. The van der Waals surface area contributed by atoms with Crippen LogP contribution in [0.2, 0.25) is 0 Å². The van der Waals surface area contributed by atoms with Gasteiger partial charge in [-0.3, -0.25) is 4.90 Å². The van der Waals surface area contributed by atoms with Crippen LogP contribution in [0.15, 0.2) is 29.5 Å². The highest BCUT2D eigenvalue weighted by Crippen LogP contribution is 2.45. The third-order valence-corrected chi connectivity index (χ3v) is 5.89. The molecule has 2 heterocycles. The molecule has 1 fully saturated rings. The predicted octanol–water partition coefficient (Wildman–Crippen LogP) is 3.99. The van der Waals surface area contributed by atoms with Crippen LogP contribution < -0.4 is 4.90 Å². The van der Waals surface area contributed by atoms with Gasteiger partial charge in [-0.25, -0.2) is 0 Å². The van der Waals surface area contributed by atoms with Crippen LogP contribution in [0.1, 0.15) is 51.2 Å². The summed E-state index contributed by atoms with van der Waals surface area (Å²) in [5.41, 5.74) is 7.78. The van der Waals surface area contributed by atoms with Crippen molar-refractivity contribution in [3.63, 3.8) is 0 Å². The van der Waals surface area contributed by atoms with Crippen molar-refractivity contribution in [1.82, 2.24) is 4.90 Å². The van der Waals surface area contributed by atoms with Crippen LogP contribution in [0.3, 0.4) is 0 Å². The molecule has 3 nitrogen and oxygen atoms in total. The third-order valence-electron chi connectivity index (χ3n) is 5.89. The lowest BCUT2D eigenvalue weighted by Gasteiger charge is -2.45. The third kappa shape index (κ3) is 2.45. The van der Waals surface area contributed by atoms with Gasteiger partial charge < -0.3 is 4.90 Å². The zero-order chi connectivity index (χ0) is 16.9. The fraction of sp³-hybridized carbons (Fsp3) is 0.571. The Hall–Kier alpha value is -1.79. The van der Waals surface area contributed by atoms with Gasteiger partial charge in [0.05, 0.1) is 12.1 Å². The molecule has 3 heteroatoms. The first-order valence-electron chi connectivity index (χ1n) is 9.23.